The average Bonchev–Trinajstić information content (AvgIpc) is 2.46. The van der Waals surface area contributed by atoms with Gasteiger partial charge in [0.15, 0.2) is 11.5 Å². The van der Waals surface area contributed by atoms with E-state index in [9.17, 15) is 4.39 Å². The van der Waals surface area contributed by atoms with E-state index in [2.05, 4.69) is 21.2 Å². The number of nitrogens with one attached hydrogen (secondary N) is 1. The van der Waals surface area contributed by atoms with Gasteiger partial charge in [-0.3, -0.25) is 0 Å². The average molecular weight is 340 g/mol. The van der Waals surface area contributed by atoms with Crippen LogP contribution in [0.4, 0.5) is 10.1 Å². The van der Waals surface area contributed by atoms with Crippen LogP contribution in [0.3, 0.4) is 0 Å². The van der Waals surface area contributed by atoms with Crippen molar-refractivity contribution in [1.82, 2.24) is 0 Å². The van der Waals surface area contributed by atoms with Gasteiger partial charge < -0.3 is 14.8 Å². The minimum atomic E-state index is -0.304. The zero-order chi connectivity index (χ0) is 14.5. The van der Waals surface area contributed by atoms with Gasteiger partial charge in [-0.05, 0) is 34.1 Å². The number of anilines is 1. The number of halogens is 2. The van der Waals surface area contributed by atoms with Gasteiger partial charge in [-0.25, -0.2) is 4.39 Å². The van der Waals surface area contributed by atoms with Crippen molar-refractivity contribution in [2.75, 3.05) is 19.5 Å². The summed E-state index contributed by atoms with van der Waals surface area (Å²) in [5, 5.41) is 3.07. The molecule has 2 aromatic carbocycles. The smallest absolute Gasteiger partial charge is 0.165 e. The highest BCUT2D eigenvalue weighted by atomic mass is 79.9. The molecule has 0 heterocycles. The van der Waals surface area contributed by atoms with E-state index in [4.69, 9.17) is 9.47 Å². The first-order chi connectivity index (χ1) is 9.67. The van der Waals surface area contributed by atoms with Crippen LogP contribution in [0.1, 0.15) is 5.56 Å². The highest BCUT2D eigenvalue weighted by Gasteiger charge is 2.11. The zero-order valence-corrected chi connectivity index (χ0v) is 12.8. The maximum atomic E-state index is 13.7. The SMILES string of the molecule is COc1cccc(CNc2c(F)cccc2Br)c1OC. The molecular formula is C15H15BrFNO2. The second-order valence-electron chi connectivity index (χ2n) is 4.10. The van der Waals surface area contributed by atoms with E-state index < -0.39 is 0 Å². The predicted molar refractivity (Wildman–Crippen MR) is 81.0 cm³/mol. The van der Waals surface area contributed by atoms with Gasteiger partial charge in [-0.15, -0.1) is 0 Å². The van der Waals surface area contributed by atoms with Crippen LogP contribution in [0.25, 0.3) is 0 Å². The lowest BCUT2D eigenvalue weighted by atomic mass is 10.1. The van der Waals surface area contributed by atoms with Crippen molar-refractivity contribution >= 4 is 21.6 Å². The number of hydrogen-bond donors (Lipinski definition) is 1. The number of ether oxygens (including phenoxy) is 2. The van der Waals surface area contributed by atoms with Crippen LogP contribution < -0.4 is 14.8 Å². The Morgan fingerprint density at radius 2 is 1.85 bits per heavy atom. The number of hydrogen-bond acceptors (Lipinski definition) is 3. The van der Waals surface area contributed by atoms with E-state index in [0.29, 0.717) is 28.2 Å². The van der Waals surface area contributed by atoms with Gasteiger partial charge in [0, 0.05) is 16.6 Å². The van der Waals surface area contributed by atoms with Crippen LogP contribution in [0.2, 0.25) is 0 Å². The number of benzene rings is 2. The summed E-state index contributed by atoms with van der Waals surface area (Å²) in [5.74, 6) is 0.996. The van der Waals surface area contributed by atoms with Crippen molar-refractivity contribution in [2.45, 2.75) is 6.54 Å². The van der Waals surface area contributed by atoms with Gasteiger partial charge in [0.2, 0.25) is 0 Å². The summed E-state index contributed by atoms with van der Waals surface area (Å²) in [6, 6.07) is 10.4. The van der Waals surface area contributed by atoms with Gasteiger partial charge >= 0.3 is 0 Å². The Bertz CT molecular complexity index is 584. The normalized spacial score (nSPS) is 10.2. The van der Waals surface area contributed by atoms with Crippen LogP contribution in [-0.4, -0.2) is 14.2 Å². The minimum Gasteiger partial charge on any atom is -0.493 e. The molecule has 0 aliphatic carbocycles. The Kier molecular flexibility index (Phi) is 4.84. The molecule has 0 bridgehead atoms. The van der Waals surface area contributed by atoms with Gasteiger partial charge in [-0.1, -0.05) is 18.2 Å². The van der Waals surface area contributed by atoms with Crippen LogP contribution in [0.5, 0.6) is 11.5 Å². The molecule has 0 saturated heterocycles. The van der Waals surface area contributed by atoms with E-state index in [-0.39, 0.29) is 5.82 Å². The molecule has 0 fully saturated rings. The number of rotatable bonds is 5. The van der Waals surface area contributed by atoms with E-state index in [1.54, 1.807) is 26.4 Å². The van der Waals surface area contributed by atoms with E-state index in [0.717, 1.165) is 5.56 Å². The molecule has 0 aliphatic heterocycles. The lowest BCUT2D eigenvalue weighted by Crippen LogP contribution is -2.04. The standard InChI is InChI=1S/C15H15BrFNO2/c1-19-13-8-3-5-10(15(13)20-2)9-18-14-11(16)6-4-7-12(14)17/h3-8,18H,9H2,1-2H3. The molecule has 0 radical (unpaired) electrons. The van der Waals surface area contributed by atoms with E-state index in [1.165, 1.54) is 6.07 Å². The topological polar surface area (TPSA) is 30.5 Å². The molecule has 0 saturated carbocycles. The highest BCUT2D eigenvalue weighted by molar-refractivity contribution is 9.10. The Morgan fingerprint density at radius 3 is 2.50 bits per heavy atom. The lowest BCUT2D eigenvalue weighted by molar-refractivity contribution is 0.352. The fraction of sp³-hybridized carbons (Fsp3) is 0.200. The zero-order valence-electron chi connectivity index (χ0n) is 11.2. The van der Waals surface area contributed by atoms with Crippen molar-refractivity contribution in [3.63, 3.8) is 0 Å². The molecular weight excluding hydrogens is 325 g/mol. The molecule has 0 atom stereocenters. The van der Waals surface area contributed by atoms with Gasteiger partial charge in [0.25, 0.3) is 0 Å². The fourth-order valence-corrected chi connectivity index (χ4v) is 2.43. The molecule has 2 rings (SSSR count). The largest absolute Gasteiger partial charge is 0.493 e. The highest BCUT2D eigenvalue weighted by Crippen LogP contribution is 2.32. The molecule has 0 unspecified atom stereocenters. The van der Waals surface area contributed by atoms with Gasteiger partial charge in [0.05, 0.1) is 19.9 Å². The molecule has 106 valence electrons. The minimum absolute atomic E-state index is 0.304. The van der Waals surface area contributed by atoms with Crippen LogP contribution in [0, 0.1) is 5.82 Å². The second kappa shape index (κ2) is 6.61. The quantitative estimate of drug-likeness (QED) is 0.884. The summed E-state index contributed by atoms with van der Waals surface area (Å²) in [7, 11) is 3.17. The van der Waals surface area contributed by atoms with Crippen molar-refractivity contribution in [1.29, 1.82) is 0 Å². The molecule has 5 heteroatoms. The van der Waals surface area contributed by atoms with Crippen molar-refractivity contribution < 1.29 is 13.9 Å². The summed E-state index contributed by atoms with van der Waals surface area (Å²) < 4.78 is 25.0. The first-order valence-corrected chi connectivity index (χ1v) is 6.84. The van der Waals surface area contributed by atoms with E-state index >= 15 is 0 Å². The number of para-hydroxylation sites is 2. The van der Waals surface area contributed by atoms with Crippen LogP contribution >= 0.6 is 15.9 Å². The molecule has 0 spiro atoms. The molecule has 0 amide bonds. The summed E-state index contributed by atoms with van der Waals surface area (Å²) in [4.78, 5) is 0. The Balaban J connectivity index is 2.23. The summed E-state index contributed by atoms with van der Waals surface area (Å²) in [6.07, 6.45) is 0. The predicted octanol–water partition coefficient (Wildman–Crippen LogP) is 4.22. The Hall–Kier alpha value is -1.75. The third-order valence-corrected chi connectivity index (χ3v) is 3.56. The van der Waals surface area contributed by atoms with Crippen molar-refractivity contribution in [3.05, 3.63) is 52.3 Å². The fourth-order valence-electron chi connectivity index (χ4n) is 1.94. The molecule has 1 N–H and O–H groups in total. The maximum absolute atomic E-state index is 13.7. The molecule has 20 heavy (non-hydrogen) atoms. The second-order valence-corrected chi connectivity index (χ2v) is 4.96. The summed E-state index contributed by atoms with van der Waals surface area (Å²) >= 11 is 3.33. The molecule has 0 aliphatic rings. The number of methoxy groups -OCH3 is 2. The van der Waals surface area contributed by atoms with Gasteiger partial charge in [0.1, 0.15) is 5.82 Å². The maximum Gasteiger partial charge on any atom is 0.165 e. The first-order valence-electron chi connectivity index (χ1n) is 6.05. The van der Waals surface area contributed by atoms with Crippen molar-refractivity contribution in [3.8, 4) is 11.5 Å². The monoisotopic (exact) mass is 339 g/mol. The third kappa shape index (κ3) is 3.04. The lowest BCUT2D eigenvalue weighted by Gasteiger charge is -2.14. The van der Waals surface area contributed by atoms with Crippen LogP contribution in [-0.2, 0) is 6.54 Å². The van der Waals surface area contributed by atoms with E-state index in [1.807, 2.05) is 18.2 Å². The Morgan fingerprint density at radius 1 is 1.10 bits per heavy atom. The molecule has 3 nitrogen and oxygen atoms in total. The van der Waals surface area contributed by atoms with Crippen molar-refractivity contribution in [2.24, 2.45) is 0 Å². The third-order valence-electron chi connectivity index (χ3n) is 2.90. The summed E-state index contributed by atoms with van der Waals surface area (Å²) in [5.41, 5.74) is 1.32. The Labute approximate surface area is 125 Å². The first kappa shape index (κ1) is 14.7. The van der Waals surface area contributed by atoms with Gasteiger partial charge in [-0.2, -0.15) is 0 Å². The summed E-state index contributed by atoms with van der Waals surface area (Å²) in [6.45, 7) is 0.430. The molecule has 2 aromatic rings. The molecule has 0 aromatic heterocycles. The van der Waals surface area contributed by atoms with Crippen LogP contribution in [0.15, 0.2) is 40.9 Å².